The fraction of sp³-hybridized carbons (Fsp3) is 0.684. The van der Waals surface area contributed by atoms with Crippen LogP contribution >= 0.6 is 24.8 Å². The van der Waals surface area contributed by atoms with Gasteiger partial charge in [0.1, 0.15) is 5.82 Å². The number of piperidine rings is 2. The van der Waals surface area contributed by atoms with Crippen LogP contribution in [0.3, 0.4) is 0 Å². The van der Waals surface area contributed by atoms with Gasteiger partial charge >= 0.3 is 0 Å². The minimum atomic E-state index is 0. The number of nitrogens with one attached hydrogen (secondary N) is 1. The molecule has 26 heavy (non-hydrogen) atoms. The normalized spacial score (nSPS) is 20.9. The van der Waals surface area contributed by atoms with Gasteiger partial charge in [-0.2, -0.15) is 0 Å². The molecule has 1 aromatic heterocycles. The van der Waals surface area contributed by atoms with Crippen LogP contribution < -0.4 is 10.2 Å². The molecule has 0 radical (unpaired) electrons. The average molecular weight is 403 g/mol. The fourth-order valence-corrected chi connectivity index (χ4v) is 3.82. The topological polar surface area (TPSA) is 48.5 Å². The number of amides is 1. The Morgan fingerprint density at radius 2 is 1.92 bits per heavy atom. The number of likely N-dealkylation sites (tertiary alicyclic amines) is 1. The third-order valence-electron chi connectivity index (χ3n) is 5.40. The molecule has 148 valence electrons. The van der Waals surface area contributed by atoms with E-state index in [1.54, 1.807) is 6.20 Å². The molecule has 2 aliphatic rings. The van der Waals surface area contributed by atoms with Crippen LogP contribution in [-0.2, 0) is 0 Å². The molecule has 1 N–H and O–H groups in total. The molecule has 1 atom stereocenters. The molecule has 0 spiro atoms. The Kier molecular flexibility index (Phi) is 9.69. The fourth-order valence-electron chi connectivity index (χ4n) is 3.82. The molecule has 0 bridgehead atoms. The summed E-state index contributed by atoms with van der Waals surface area (Å²) in [6.45, 7) is 7.15. The van der Waals surface area contributed by atoms with E-state index in [9.17, 15) is 4.79 Å². The van der Waals surface area contributed by atoms with E-state index in [-0.39, 0.29) is 30.7 Å². The van der Waals surface area contributed by atoms with Crippen LogP contribution in [0.2, 0.25) is 0 Å². The maximum atomic E-state index is 12.7. The summed E-state index contributed by atoms with van der Waals surface area (Å²) in [4.78, 5) is 21.6. The van der Waals surface area contributed by atoms with Crippen LogP contribution in [0.5, 0.6) is 0 Å². The summed E-state index contributed by atoms with van der Waals surface area (Å²) < 4.78 is 0. The molecule has 1 amide bonds. The van der Waals surface area contributed by atoms with E-state index in [0.29, 0.717) is 11.5 Å². The minimum absolute atomic E-state index is 0. The number of anilines is 1. The molecule has 2 saturated heterocycles. The lowest BCUT2D eigenvalue weighted by atomic mass is 9.97. The summed E-state index contributed by atoms with van der Waals surface area (Å²) in [6, 6.07) is 3.96. The molecular formula is C19H32Cl2N4O. The van der Waals surface area contributed by atoms with E-state index < -0.39 is 0 Å². The monoisotopic (exact) mass is 402 g/mol. The molecule has 2 aliphatic heterocycles. The molecule has 0 aliphatic carbocycles. The highest BCUT2D eigenvalue weighted by Gasteiger charge is 2.24. The molecule has 2 fully saturated rings. The number of pyridine rings is 1. The van der Waals surface area contributed by atoms with Gasteiger partial charge in [-0.1, -0.05) is 6.92 Å². The van der Waals surface area contributed by atoms with E-state index in [0.717, 1.165) is 50.9 Å². The Labute approximate surface area is 169 Å². The Hall–Kier alpha value is -1.04. The van der Waals surface area contributed by atoms with Gasteiger partial charge in [-0.15, -0.1) is 24.8 Å². The van der Waals surface area contributed by atoms with Crippen molar-refractivity contribution in [2.45, 2.75) is 32.6 Å². The van der Waals surface area contributed by atoms with Gasteiger partial charge < -0.3 is 15.1 Å². The lowest BCUT2D eigenvalue weighted by Gasteiger charge is -2.33. The van der Waals surface area contributed by atoms with Crippen molar-refractivity contribution in [3.8, 4) is 0 Å². The number of hydrogen-bond acceptors (Lipinski definition) is 4. The second-order valence-electron chi connectivity index (χ2n) is 7.39. The first-order valence-electron chi connectivity index (χ1n) is 9.32. The zero-order chi connectivity index (χ0) is 16.9. The maximum absolute atomic E-state index is 12.7. The summed E-state index contributed by atoms with van der Waals surface area (Å²) >= 11 is 0. The van der Waals surface area contributed by atoms with Gasteiger partial charge in [0.15, 0.2) is 0 Å². The van der Waals surface area contributed by atoms with E-state index >= 15 is 0 Å². The summed E-state index contributed by atoms with van der Waals surface area (Å²) in [5.41, 5.74) is 0.717. The molecule has 0 saturated carbocycles. The Bertz CT molecular complexity index is 545. The van der Waals surface area contributed by atoms with Crippen LogP contribution in [0, 0.1) is 11.8 Å². The van der Waals surface area contributed by atoms with Gasteiger partial charge in [-0.3, -0.25) is 4.79 Å². The van der Waals surface area contributed by atoms with Crippen molar-refractivity contribution in [1.82, 2.24) is 15.2 Å². The van der Waals surface area contributed by atoms with Crippen LogP contribution in [0.25, 0.3) is 0 Å². The lowest BCUT2D eigenvalue weighted by molar-refractivity contribution is 0.0674. The molecule has 3 heterocycles. The molecular weight excluding hydrogens is 371 g/mol. The van der Waals surface area contributed by atoms with Crippen molar-refractivity contribution in [2.24, 2.45) is 11.8 Å². The maximum Gasteiger partial charge on any atom is 0.255 e. The van der Waals surface area contributed by atoms with Crippen LogP contribution in [0.15, 0.2) is 18.3 Å². The standard InChI is InChI=1S/C19H30N4O.2ClH/c1-15-7-10-22(11-8-15)18-6-5-17(13-21-18)19(24)23-9-3-4-16(14-23)12-20-2;;/h5-6,13,15-16,20H,3-4,7-12,14H2,1-2H3;2*1H. The van der Waals surface area contributed by atoms with E-state index in [1.165, 1.54) is 19.3 Å². The molecule has 1 aromatic rings. The SMILES string of the molecule is CNCC1CCCN(C(=O)c2ccc(N3CCC(C)CC3)nc2)C1.Cl.Cl. The molecule has 5 nitrogen and oxygen atoms in total. The number of hydrogen-bond donors (Lipinski definition) is 1. The highest BCUT2D eigenvalue weighted by molar-refractivity contribution is 5.94. The number of rotatable bonds is 4. The van der Waals surface area contributed by atoms with Gasteiger partial charge in [0, 0.05) is 32.4 Å². The molecule has 1 unspecified atom stereocenters. The second kappa shape index (κ2) is 11.0. The van der Waals surface area contributed by atoms with Gasteiger partial charge in [-0.05, 0) is 63.2 Å². The average Bonchev–Trinajstić information content (AvgIpc) is 2.62. The van der Waals surface area contributed by atoms with Crippen molar-refractivity contribution in [2.75, 3.05) is 44.7 Å². The third kappa shape index (κ3) is 5.73. The Morgan fingerprint density at radius 3 is 2.54 bits per heavy atom. The first-order chi connectivity index (χ1) is 11.7. The smallest absolute Gasteiger partial charge is 0.255 e. The zero-order valence-electron chi connectivity index (χ0n) is 15.8. The summed E-state index contributed by atoms with van der Waals surface area (Å²) in [6.07, 6.45) is 6.51. The number of carbonyl (C=O) groups is 1. The summed E-state index contributed by atoms with van der Waals surface area (Å²) in [5, 5.41) is 3.23. The Balaban J connectivity index is 0.00000169. The largest absolute Gasteiger partial charge is 0.357 e. The first-order valence-corrected chi connectivity index (χ1v) is 9.32. The predicted octanol–water partition coefficient (Wildman–Crippen LogP) is 3.23. The van der Waals surface area contributed by atoms with Gasteiger partial charge in [-0.25, -0.2) is 4.98 Å². The van der Waals surface area contributed by atoms with E-state index in [4.69, 9.17) is 0 Å². The van der Waals surface area contributed by atoms with Crippen molar-refractivity contribution in [3.63, 3.8) is 0 Å². The first kappa shape index (κ1) is 23.0. The highest BCUT2D eigenvalue weighted by Crippen LogP contribution is 2.22. The highest BCUT2D eigenvalue weighted by atomic mass is 35.5. The number of aromatic nitrogens is 1. The van der Waals surface area contributed by atoms with Crippen LogP contribution in [-0.4, -0.2) is 55.6 Å². The number of halogens is 2. The van der Waals surface area contributed by atoms with E-state index in [1.807, 2.05) is 24.1 Å². The van der Waals surface area contributed by atoms with Crippen molar-refractivity contribution < 1.29 is 4.79 Å². The lowest BCUT2D eigenvalue weighted by Crippen LogP contribution is -2.42. The van der Waals surface area contributed by atoms with Gasteiger partial charge in [0.2, 0.25) is 0 Å². The molecule has 7 heteroatoms. The van der Waals surface area contributed by atoms with Crippen molar-refractivity contribution in [3.05, 3.63) is 23.9 Å². The van der Waals surface area contributed by atoms with Gasteiger partial charge in [0.05, 0.1) is 5.56 Å². The summed E-state index contributed by atoms with van der Waals surface area (Å²) in [5.74, 6) is 2.51. The number of nitrogens with zero attached hydrogens (tertiary/aromatic N) is 3. The van der Waals surface area contributed by atoms with Crippen molar-refractivity contribution in [1.29, 1.82) is 0 Å². The predicted molar refractivity (Wildman–Crippen MR) is 112 cm³/mol. The Morgan fingerprint density at radius 1 is 1.19 bits per heavy atom. The van der Waals surface area contributed by atoms with Crippen molar-refractivity contribution >= 4 is 36.5 Å². The zero-order valence-corrected chi connectivity index (χ0v) is 17.5. The van der Waals surface area contributed by atoms with E-state index in [2.05, 4.69) is 22.1 Å². The van der Waals surface area contributed by atoms with Gasteiger partial charge in [0.25, 0.3) is 5.91 Å². The minimum Gasteiger partial charge on any atom is -0.357 e. The number of carbonyl (C=O) groups excluding carboxylic acids is 1. The second-order valence-corrected chi connectivity index (χ2v) is 7.39. The van der Waals surface area contributed by atoms with Crippen LogP contribution in [0.1, 0.15) is 43.0 Å². The quantitative estimate of drug-likeness (QED) is 0.839. The molecule has 0 aromatic carbocycles. The third-order valence-corrected chi connectivity index (χ3v) is 5.40. The summed E-state index contributed by atoms with van der Waals surface area (Å²) in [7, 11) is 1.98. The van der Waals surface area contributed by atoms with Crippen LogP contribution in [0.4, 0.5) is 5.82 Å². The molecule has 3 rings (SSSR count).